The molecule has 0 saturated carbocycles. The number of hydrogen-bond donors (Lipinski definition) is 0. The van der Waals surface area contributed by atoms with Crippen molar-refractivity contribution in [1.82, 2.24) is 0 Å². The summed E-state index contributed by atoms with van der Waals surface area (Å²) in [6, 6.07) is 0. The van der Waals surface area contributed by atoms with Gasteiger partial charge in [-0.15, -0.1) is 9.24 Å². The first-order valence-corrected chi connectivity index (χ1v) is 4.96. The van der Waals surface area contributed by atoms with Gasteiger partial charge in [0.05, 0.1) is 5.92 Å². The lowest BCUT2D eigenvalue weighted by molar-refractivity contribution is -0.118. The second-order valence-corrected chi connectivity index (χ2v) is 3.51. The average molecular weight is 196 g/mol. The van der Waals surface area contributed by atoms with Gasteiger partial charge in [0, 0.05) is 0 Å². The molecular formula is C11H17OP. The van der Waals surface area contributed by atoms with E-state index in [4.69, 9.17) is 0 Å². The Morgan fingerprint density at radius 2 is 2.23 bits per heavy atom. The van der Waals surface area contributed by atoms with Crippen molar-refractivity contribution >= 4 is 15.0 Å². The minimum Gasteiger partial charge on any atom is -0.299 e. The van der Waals surface area contributed by atoms with Crippen LogP contribution in [0.2, 0.25) is 0 Å². The van der Waals surface area contributed by atoms with E-state index in [0.717, 1.165) is 11.7 Å². The summed E-state index contributed by atoms with van der Waals surface area (Å²) < 4.78 is 0. The first-order valence-electron chi connectivity index (χ1n) is 4.38. The second kappa shape index (κ2) is 6.80. The predicted molar refractivity (Wildman–Crippen MR) is 61.6 cm³/mol. The fourth-order valence-electron chi connectivity index (χ4n) is 0.866. The molecule has 0 rings (SSSR count). The van der Waals surface area contributed by atoms with Crippen molar-refractivity contribution in [2.45, 2.75) is 20.3 Å². The number of allylic oxidation sites excluding steroid dienone is 5. The van der Waals surface area contributed by atoms with Crippen LogP contribution in [0.4, 0.5) is 0 Å². The van der Waals surface area contributed by atoms with Gasteiger partial charge in [0.1, 0.15) is 5.78 Å². The summed E-state index contributed by atoms with van der Waals surface area (Å²) in [6.07, 6.45) is 8.50. The molecule has 2 heteroatoms. The maximum absolute atomic E-state index is 11.2. The summed E-state index contributed by atoms with van der Waals surface area (Å²) >= 11 is 0. The molecule has 1 nitrogen and oxygen atoms in total. The zero-order valence-corrected chi connectivity index (χ0v) is 9.44. The fourth-order valence-corrected chi connectivity index (χ4v) is 1.07. The van der Waals surface area contributed by atoms with E-state index in [-0.39, 0.29) is 11.7 Å². The van der Waals surface area contributed by atoms with Crippen LogP contribution in [0.25, 0.3) is 0 Å². The first kappa shape index (κ1) is 12.3. The van der Waals surface area contributed by atoms with Crippen LogP contribution in [0.15, 0.2) is 36.2 Å². The molecule has 72 valence electrons. The molecule has 0 aromatic carbocycles. The molecule has 0 amide bonds. The Morgan fingerprint density at radius 1 is 1.62 bits per heavy atom. The van der Waals surface area contributed by atoms with E-state index in [1.165, 1.54) is 0 Å². The van der Waals surface area contributed by atoms with Gasteiger partial charge in [-0.05, 0) is 18.7 Å². The molecule has 13 heavy (non-hydrogen) atoms. The molecule has 2 unspecified atom stereocenters. The lowest BCUT2D eigenvalue weighted by atomic mass is 10.0. The third kappa shape index (κ3) is 5.54. The highest BCUT2D eigenvalue weighted by molar-refractivity contribution is 7.22. The van der Waals surface area contributed by atoms with Crippen molar-refractivity contribution in [1.29, 1.82) is 0 Å². The largest absolute Gasteiger partial charge is 0.299 e. The Kier molecular flexibility index (Phi) is 6.44. The van der Waals surface area contributed by atoms with Crippen molar-refractivity contribution in [2.24, 2.45) is 5.92 Å². The Balaban J connectivity index is 4.52. The third-order valence-electron chi connectivity index (χ3n) is 1.66. The molecule has 0 aliphatic heterocycles. The van der Waals surface area contributed by atoms with Crippen molar-refractivity contribution in [3.05, 3.63) is 36.2 Å². The number of carbonyl (C=O) groups is 1. The topological polar surface area (TPSA) is 17.1 Å². The molecule has 0 aliphatic carbocycles. The fraction of sp³-hybridized carbons (Fsp3) is 0.364. The third-order valence-corrected chi connectivity index (χ3v) is 2.08. The van der Waals surface area contributed by atoms with Crippen LogP contribution in [0.3, 0.4) is 0 Å². The van der Waals surface area contributed by atoms with Gasteiger partial charge in [-0.1, -0.05) is 37.8 Å². The van der Waals surface area contributed by atoms with Crippen LogP contribution >= 0.6 is 9.24 Å². The van der Waals surface area contributed by atoms with E-state index in [0.29, 0.717) is 0 Å². The van der Waals surface area contributed by atoms with Crippen LogP contribution in [-0.4, -0.2) is 5.78 Å². The second-order valence-electron chi connectivity index (χ2n) is 2.84. The van der Waals surface area contributed by atoms with E-state index in [9.17, 15) is 4.79 Å². The van der Waals surface area contributed by atoms with Crippen molar-refractivity contribution in [3.63, 3.8) is 0 Å². The first-order chi connectivity index (χ1) is 6.11. The van der Waals surface area contributed by atoms with E-state index < -0.39 is 0 Å². The van der Waals surface area contributed by atoms with Gasteiger partial charge >= 0.3 is 0 Å². The maximum atomic E-state index is 11.2. The van der Waals surface area contributed by atoms with Crippen LogP contribution in [0.5, 0.6) is 0 Å². The molecule has 0 N–H and O–H groups in total. The highest BCUT2D eigenvalue weighted by Crippen LogP contribution is 2.13. The van der Waals surface area contributed by atoms with Gasteiger partial charge in [0.25, 0.3) is 0 Å². The molecule has 0 saturated heterocycles. The zero-order chi connectivity index (χ0) is 10.3. The van der Waals surface area contributed by atoms with Crippen LogP contribution < -0.4 is 0 Å². The van der Waals surface area contributed by atoms with Gasteiger partial charge < -0.3 is 0 Å². The summed E-state index contributed by atoms with van der Waals surface area (Å²) in [4.78, 5) is 11.2. The molecule has 0 radical (unpaired) electrons. The van der Waals surface area contributed by atoms with Gasteiger partial charge in [-0.2, -0.15) is 0 Å². The van der Waals surface area contributed by atoms with E-state index in [1.54, 1.807) is 13.0 Å². The lowest BCUT2D eigenvalue weighted by Gasteiger charge is -2.03. The number of hydrogen-bond acceptors (Lipinski definition) is 1. The molecule has 0 bridgehead atoms. The molecule has 0 heterocycles. The minimum absolute atomic E-state index is 0.106. The van der Waals surface area contributed by atoms with Crippen LogP contribution in [0.1, 0.15) is 20.3 Å². The molecule has 0 spiro atoms. The van der Waals surface area contributed by atoms with Crippen molar-refractivity contribution < 1.29 is 4.79 Å². The zero-order valence-electron chi connectivity index (χ0n) is 8.29. The highest BCUT2D eigenvalue weighted by Gasteiger charge is 2.05. The number of carbonyl (C=O) groups excluding carboxylic acids is 1. The number of rotatable bonds is 5. The molecule has 0 aromatic rings. The molecular weight excluding hydrogens is 179 g/mol. The van der Waals surface area contributed by atoms with Gasteiger partial charge in [-0.25, -0.2) is 0 Å². The quantitative estimate of drug-likeness (QED) is 0.375. The summed E-state index contributed by atoms with van der Waals surface area (Å²) in [7, 11) is 2.55. The number of ketones is 1. The number of Topliss-reactive ketones (excluding diaryl/α,β-unsaturated/α-hetero) is 1. The molecule has 0 aromatic heterocycles. The normalized spacial score (nSPS) is 14.5. The maximum Gasteiger partial charge on any atom is 0.140 e. The summed E-state index contributed by atoms with van der Waals surface area (Å²) in [6.45, 7) is 7.28. The molecule has 0 aliphatic rings. The standard InChI is InChI=1S/C11H17OP/c1-4-6-7-10(9(3)12)8-11(13)5-2/h5-8,10H,2,4,13H2,1,3H3/b7-6-,11-8?. The predicted octanol–water partition coefficient (Wildman–Crippen LogP) is 3.10. The van der Waals surface area contributed by atoms with Gasteiger partial charge in [0.15, 0.2) is 0 Å². The van der Waals surface area contributed by atoms with E-state index in [1.807, 2.05) is 25.2 Å². The molecule has 0 fully saturated rings. The lowest BCUT2D eigenvalue weighted by Crippen LogP contribution is -2.04. The Labute approximate surface area is 82.8 Å². The SMILES string of the molecule is C=CC(P)=CC(/C=C\CC)C(C)=O. The van der Waals surface area contributed by atoms with Crippen molar-refractivity contribution in [2.75, 3.05) is 0 Å². The Bertz CT molecular complexity index is 238. The summed E-state index contributed by atoms with van der Waals surface area (Å²) in [5, 5.41) is 0.959. The highest BCUT2D eigenvalue weighted by atomic mass is 31.0. The summed E-state index contributed by atoms with van der Waals surface area (Å²) in [5.74, 6) is 0.0527. The van der Waals surface area contributed by atoms with Gasteiger partial charge in [0.2, 0.25) is 0 Å². The molecule has 2 atom stereocenters. The monoisotopic (exact) mass is 196 g/mol. The van der Waals surface area contributed by atoms with Crippen LogP contribution in [-0.2, 0) is 4.79 Å². The Hall–Kier alpha value is -0.680. The Morgan fingerprint density at radius 3 is 2.62 bits per heavy atom. The van der Waals surface area contributed by atoms with Gasteiger partial charge in [-0.3, -0.25) is 4.79 Å². The smallest absolute Gasteiger partial charge is 0.140 e. The van der Waals surface area contributed by atoms with Crippen LogP contribution in [0, 0.1) is 5.92 Å². The summed E-state index contributed by atoms with van der Waals surface area (Å²) in [5.41, 5.74) is 0. The van der Waals surface area contributed by atoms with Crippen molar-refractivity contribution in [3.8, 4) is 0 Å². The van der Waals surface area contributed by atoms with E-state index in [2.05, 4.69) is 15.8 Å². The van der Waals surface area contributed by atoms with E-state index >= 15 is 0 Å². The average Bonchev–Trinajstić information content (AvgIpc) is 2.11. The minimum atomic E-state index is -0.106.